The summed E-state index contributed by atoms with van der Waals surface area (Å²) in [6.07, 6.45) is 6.48. The summed E-state index contributed by atoms with van der Waals surface area (Å²) in [6.45, 7) is 2.40. The van der Waals surface area contributed by atoms with Gasteiger partial charge in [0.1, 0.15) is 5.76 Å². The lowest BCUT2D eigenvalue weighted by Gasteiger charge is -2.28. The predicted octanol–water partition coefficient (Wildman–Crippen LogP) is 2.38. The molecule has 1 saturated carbocycles. The average Bonchev–Trinajstić information content (AvgIpc) is 2.91. The van der Waals surface area contributed by atoms with Gasteiger partial charge in [-0.2, -0.15) is 0 Å². The van der Waals surface area contributed by atoms with Crippen LogP contribution in [0.3, 0.4) is 0 Å². The molecule has 0 unspecified atom stereocenters. The Hall–Kier alpha value is -0.850. The van der Waals surface area contributed by atoms with E-state index in [4.69, 9.17) is 10.2 Å². The molecule has 20 heavy (non-hydrogen) atoms. The van der Waals surface area contributed by atoms with E-state index in [-0.39, 0.29) is 17.7 Å². The van der Waals surface area contributed by atoms with Crippen LogP contribution in [0, 0.1) is 5.92 Å². The van der Waals surface area contributed by atoms with Crippen LogP contribution in [-0.4, -0.2) is 14.5 Å². The minimum Gasteiger partial charge on any atom is -0.447 e. The van der Waals surface area contributed by atoms with Gasteiger partial charge in [0.2, 0.25) is 5.09 Å². The van der Waals surface area contributed by atoms with Crippen LogP contribution in [0.25, 0.3) is 0 Å². The van der Waals surface area contributed by atoms with Crippen LogP contribution in [-0.2, 0) is 16.6 Å². The number of furan rings is 1. The molecule has 0 radical (unpaired) electrons. The van der Waals surface area contributed by atoms with E-state index >= 15 is 0 Å². The summed E-state index contributed by atoms with van der Waals surface area (Å²) in [7, 11) is -3.55. The smallest absolute Gasteiger partial charge is 0.274 e. The van der Waals surface area contributed by atoms with Gasteiger partial charge in [0.05, 0.1) is 6.54 Å². The van der Waals surface area contributed by atoms with E-state index < -0.39 is 10.0 Å². The number of nitrogens with one attached hydrogen (secondary N) is 1. The lowest BCUT2D eigenvalue weighted by molar-refractivity contribution is 0.295. The van der Waals surface area contributed by atoms with Crippen molar-refractivity contribution in [2.24, 2.45) is 11.7 Å². The van der Waals surface area contributed by atoms with E-state index in [1.165, 1.54) is 18.9 Å². The summed E-state index contributed by atoms with van der Waals surface area (Å²) < 4.78 is 32.4. The molecule has 0 amide bonds. The molecule has 0 bridgehead atoms. The molecule has 2 rings (SSSR count). The molecule has 5 nitrogen and oxygen atoms in total. The first kappa shape index (κ1) is 15.5. The first-order valence-corrected chi connectivity index (χ1v) is 8.84. The van der Waals surface area contributed by atoms with Crippen LogP contribution >= 0.6 is 0 Å². The van der Waals surface area contributed by atoms with Crippen molar-refractivity contribution in [2.75, 3.05) is 0 Å². The Bertz CT molecular complexity index is 516. The van der Waals surface area contributed by atoms with Crippen molar-refractivity contribution in [2.45, 2.75) is 63.1 Å². The van der Waals surface area contributed by atoms with E-state index in [9.17, 15) is 8.42 Å². The van der Waals surface area contributed by atoms with Crippen LogP contribution in [0.15, 0.2) is 21.6 Å². The molecule has 1 aromatic rings. The second-order valence-electron chi connectivity index (χ2n) is 5.55. The van der Waals surface area contributed by atoms with Gasteiger partial charge in [-0.15, -0.1) is 0 Å². The quantitative estimate of drug-likeness (QED) is 0.844. The van der Waals surface area contributed by atoms with Crippen molar-refractivity contribution in [1.29, 1.82) is 0 Å². The highest BCUT2D eigenvalue weighted by molar-refractivity contribution is 7.89. The van der Waals surface area contributed by atoms with Gasteiger partial charge in [0.15, 0.2) is 0 Å². The normalized spacial score (nSPS) is 23.9. The standard InChI is InChI=1S/C14H24N2O3S/c1-2-3-11-4-6-12(7-5-11)16-20(17,18)14-9-8-13(10-15)19-14/h8-9,11-12,16H,2-7,10,15H2,1H3. The molecule has 0 saturated heterocycles. The molecule has 1 aliphatic carbocycles. The first-order chi connectivity index (χ1) is 9.55. The molecule has 1 heterocycles. The fraction of sp³-hybridized carbons (Fsp3) is 0.714. The van der Waals surface area contributed by atoms with Gasteiger partial charge in [-0.3, -0.25) is 0 Å². The Morgan fingerprint density at radius 2 is 2.00 bits per heavy atom. The van der Waals surface area contributed by atoms with Gasteiger partial charge in [0, 0.05) is 6.04 Å². The Morgan fingerprint density at radius 3 is 2.55 bits per heavy atom. The monoisotopic (exact) mass is 300 g/mol. The second kappa shape index (κ2) is 6.74. The summed E-state index contributed by atoms with van der Waals surface area (Å²) in [4.78, 5) is 0. The number of nitrogens with two attached hydrogens (primary N) is 1. The fourth-order valence-electron chi connectivity index (χ4n) is 2.87. The molecule has 3 N–H and O–H groups in total. The zero-order valence-corrected chi connectivity index (χ0v) is 12.8. The molecule has 6 heteroatoms. The van der Waals surface area contributed by atoms with Crippen LogP contribution in [0.1, 0.15) is 51.2 Å². The summed E-state index contributed by atoms with van der Waals surface area (Å²) in [6, 6.07) is 3.10. The maximum atomic E-state index is 12.2. The highest BCUT2D eigenvalue weighted by Gasteiger charge is 2.27. The third-order valence-electron chi connectivity index (χ3n) is 3.97. The maximum Gasteiger partial charge on any atom is 0.274 e. The van der Waals surface area contributed by atoms with Crippen molar-refractivity contribution >= 4 is 10.0 Å². The van der Waals surface area contributed by atoms with Crippen LogP contribution in [0.2, 0.25) is 0 Å². The highest BCUT2D eigenvalue weighted by atomic mass is 32.2. The SMILES string of the molecule is CCCC1CCC(NS(=O)(=O)c2ccc(CN)o2)CC1. The van der Waals surface area contributed by atoms with E-state index in [0.717, 1.165) is 31.6 Å². The number of hydrogen-bond donors (Lipinski definition) is 2. The summed E-state index contributed by atoms with van der Waals surface area (Å²) in [5, 5.41) is -0.0337. The first-order valence-electron chi connectivity index (χ1n) is 7.36. The molecular weight excluding hydrogens is 276 g/mol. The lowest BCUT2D eigenvalue weighted by Crippen LogP contribution is -2.37. The Kier molecular flexibility index (Phi) is 5.23. The lowest BCUT2D eigenvalue weighted by atomic mass is 9.84. The van der Waals surface area contributed by atoms with Gasteiger partial charge in [-0.25, -0.2) is 13.1 Å². The third kappa shape index (κ3) is 3.84. The van der Waals surface area contributed by atoms with Crippen LogP contribution in [0.4, 0.5) is 0 Å². The minimum atomic E-state index is -3.55. The average molecular weight is 300 g/mol. The van der Waals surface area contributed by atoms with Crippen LogP contribution in [0.5, 0.6) is 0 Å². The van der Waals surface area contributed by atoms with Gasteiger partial charge in [-0.05, 0) is 43.7 Å². The molecule has 114 valence electrons. The van der Waals surface area contributed by atoms with Crippen molar-refractivity contribution in [3.63, 3.8) is 0 Å². The van der Waals surface area contributed by atoms with E-state index in [0.29, 0.717) is 5.76 Å². The zero-order valence-electron chi connectivity index (χ0n) is 12.0. The highest BCUT2D eigenvalue weighted by Crippen LogP contribution is 2.28. The molecule has 0 atom stereocenters. The Balaban J connectivity index is 1.92. The van der Waals surface area contributed by atoms with Crippen LogP contribution < -0.4 is 10.5 Å². The van der Waals surface area contributed by atoms with E-state index in [2.05, 4.69) is 11.6 Å². The number of hydrogen-bond acceptors (Lipinski definition) is 4. The Morgan fingerprint density at radius 1 is 1.30 bits per heavy atom. The van der Waals surface area contributed by atoms with Gasteiger partial charge in [-0.1, -0.05) is 19.8 Å². The molecule has 1 fully saturated rings. The van der Waals surface area contributed by atoms with Gasteiger partial charge >= 0.3 is 0 Å². The molecular formula is C14H24N2O3S. The number of rotatable bonds is 6. The molecule has 0 spiro atoms. The zero-order chi connectivity index (χ0) is 14.6. The Labute approximate surface area is 121 Å². The minimum absolute atomic E-state index is 0.0273. The molecule has 0 aliphatic heterocycles. The summed E-state index contributed by atoms with van der Waals surface area (Å²) >= 11 is 0. The van der Waals surface area contributed by atoms with Crippen molar-refractivity contribution in [3.8, 4) is 0 Å². The fourth-order valence-corrected chi connectivity index (χ4v) is 4.12. The largest absolute Gasteiger partial charge is 0.447 e. The van der Waals surface area contributed by atoms with E-state index in [1.807, 2.05) is 0 Å². The van der Waals surface area contributed by atoms with Crippen molar-refractivity contribution in [3.05, 3.63) is 17.9 Å². The predicted molar refractivity (Wildman–Crippen MR) is 77.6 cm³/mol. The third-order valence-corrected chi connectivity index (χ3v) is 5.36. The van der Waals surface area contributed by atoms with E-state index in [1.54, 1.807) is 6.07 Å². The maximum absolute atomic E-state index is 12.2. The molecule has 1 aliphatic rings. The van der Waals surface area contributed by atoms with Gasteiger partial charge in [0.25, 0.3) is 10.0 Å². The van der Waals surface area contributed by atoms with Gasteiger partial charge < -0.3 is 10.2 Å². The summed E-state index contributed by atoms with van der Waals surface area (Å²) in [5.74, 6) is 1.24. The molecule has 0 aromatic carbocycles. The molecule has 1 aromatic heterocycles. The topological polar surface area (TPSA) is 85.3 Å². The summed E-state index contributed by atoms with van der Waals surface area (Å²) in [5.41, 5.74) is 5.43. The van der Waals surface area contributed by atoms with Crippen molar-refractivity contribution < 1.29 is 12.8 Å². The van der Waals surface area contributed by atoms with Crippen molar-refractivity contribution in [1.82, 2.24) is 4.72 Å². The second-order valence-corrected chi connectivity index (χ2v) is 7.20. The number of sulfonamides is 1.